The number of Topliss-reactive ketones (excluding diaryl/α,β-unsaturated/α-hetero) is 1. The lowest BCUT2D eigenvalue weighted by Crippen LogP contribution is -2.34. The van der Waals surface area contributed by atoms with Crippen molar-refractivity contribution in [2.75, 3.05) is 6.61 Å². The predicted octanol–water partition coefficient (Wildman–Crippen LogP) is 6.22. The van der Waals surface area contributed by atoms with Crippen LogP contribution in [0.3, 0.4) is 0 Å². The number of ketones is 1. The Bertz CT molecular complexity index is 442. The molecule has 0 bridgehead atoms. The van der Waals surface area contributed by atoms with Crippen LogP contribution in [0.5, 0.6) is 0 Å². The molecule has 0 aliphatic heterocycles. The fourth-order valence-corrected chi connectivity index (χ4v) is 3.21. The standard InChI is InChI=1S/C16H33NO.C9H17NO3.C2H6/c1-2-3-4-5-6-7-8-9-10-11-12-13-14-15-16(17)18;1-7(6-11)10-9(13)5-3-4-8(2)12;1-2/h2-15H2,1H3,(H2,17,18);7,11H,3-6H2,1-2H3,(H,10,13);1-2H3. The monoisotopic (exact) mass is 472 g/mol. The summed E-state index contributed by atoms with van der Waals surface area (Å²) in [6, 6.07) is -0.204. The average Bonchev–Trinajstić information content (AvgIpc) is 2.78. The summed E-state index contributed by atoms with van der Waals surface area (Å²) in [5.41, 5.74) is 5.09. The molecule has 33 heavy (non-hydrogen) atoms. The summed E-state index contributed by atoms with van der Waals surface area (Å²) in [5.74, 6) is -0.163. The van der Waals surface area contributed by atoms with Crippen molar-refractivity contribution < 1.29 is 19.5 Å². The smallest absolute Gasteiger partial charge is 0.220 e. The van der Waals surface area contributed by atoms with Crippen LogP contribution in [0.1, 0.15) is 144 Å². The molecule has 0 aromatic heterocycles. The van der Waals surface area contributed by atoms with E-state index in [0.29, 0.717) is 25.7 Å². The van der Waals surface area contributed by atoms with Crippen LogP contribution in [0.2, 0.25) is 0 Å². The molecule has 198 valence electrons. The van der Waals surface area contributed by atoms with Crippen LogP contribution in [0.25, 0.3) is 0 Å². The van der Waals surface area contributed by atoms with Crippen molar-refractivity contribution in [3.63, 3.8) is 0 Å². The van der Waals surface area contributed by atoms with Gasteiger partial charge in [0.2, 0.25) is 11.8 Å². The number of unbranched alkanes of at least 4 members (excludes halogenated alkanes) is 12. The fraction of sp³-hybridized carbons (Fsp3) is 0.889. The largest absolute Gasteiger partial charge is 0.394 e. The second-order valence-corrected chi connectivity index (χ2v) is 8.67. The van der Waals surface area contributed by atoms with E-state index >= 15 is 0 Å². The molecule has 0 spiro atoms. The number of primary amides is 1. The van der Waals surface area contributed by atoms with E-state index in [0.717, 1.165) is 6.42 Å². The van der Waals surface area contributed by atoms with Crippen molar-refractivity contribution in [1.29, 1.82) is 0 Å². The molecule has 2 amide bonds. The minimum atomic E-state index is -0.204. The van der Waals surface area contributed by atoms with E-state index in [1.54, 1.807) is 6.92 Å². The molecule has 0 saturated heterocycles. The second kappa shape index (κ2) is 30.6. The maximum absolute atomic E-state index is 11.1. The number of aliphatic hydroxyl groups excluding tert-OH is 1. The zero-order chi connectivity index (χ0) is 25.7. The van der Waals surface area contributed by atoms with Gasteiger partial charge in [0.25, 0.3) is 0 Å². The van der Waals surface area contributed by atoms with E-state index < -0.39 is 0 Å². The molecule has 0 rings (SSSR count). The van der Waals surface area contributed by atoms with Crippen LogP contribution in [0, 0.1) is 0 Å². The zero-order valence-corrected chi connectivity index (χ0v) is 22.6. The molecule has 0 fully saturated rings. The maximum atomic E-state index is 11.1. The molecule has 6 heteroatoms. The normalized spacial score (nSPS) is 10.8. The van der Waals surface area contributed by atoms with Gasteiger partial charge in [-0.25, -0.2) is 0 Å². The number of carbonyl (C=O) groups is 3. The molecule has 0 aliphatic carbocycles. The number of nitrogens with one attached hydrogen (secondary N) is 1. The van der Waals surface area contributed by atoms with Gasteiger partial charge in [-0.05, 0) is 26.7 Å². The van der Waals surface area contributed by atoms with Gasteiger partial charge >= 0.3 is 0 Å². The maximum Gasteiger partial charge on any atom is 0.220 e. The number of nitrogens with two attached hydrogens (primary N) is 1. The van der Waals surface area contributed by atoms with Gasteiger partial charge in [0.1, 0.15) is 5.78 Å². The first-order chi connectivity index (χ1) is 15.8. The topological polar surface area (TPSA) is 109 Å². The van der Waals surface area contributed by atoms with Crippen molar-refractivity contribution in [1.82, 2.24) is 5.32 Å². The highest BCUT2D eigenvalue weighted by atomic mass is 16.3. The molecule has 0 aromatic carbocycles. The summed E-state index contributed by atoms with van der Waals surface area (Å²) in [7, 11) is 0. The first-order valence-corrected chi connectivity index (χ1v) is 13.5. The van der Waals surface area contributed by atoms with Crippen LogP contribution in [0.4, 0.5) is 0 Å². The fourth-order valence-electron chi connectivity index (χ4n) is 3.21. The Kier molecular flexibility index (Phi) is 33.5. The lowest BCUT2D eigenvalue weighted by molar-refractivity contribution is -0.122. The molecule has 0 saturated carbocycles. The van der Waals surface area contributed by atoms with Gasteiger partial charge in [-0.2, -0.15) is 0 Å². The van der Waals surface area contributed by atoms with Crippen LogP contribution >= 0.6 is 0 Å². The highest BCUT2D eigenvalue weighted by Crippen LogP contribution is 2.12. The average molecular weight is 473 g/mol. The van der Waals surface area contributed by atoms with E-state index in [9.17, 15) is 14.4 Å². The van der Waals surface area contributed by atoms with Gasteiger partial charge in [0.15, 0.2) is 0 Å². The molecular weight excluding hydrogens is 416 g/mol. The van der Waals surface area contributed by atoms with Gasteiger partial charge in [-0.1, -0.05) is 97.8 Å². The number of amides is 2. The molecule has 6 nitrogen and oxygen atoms in total. The minimum absolute atomic E-state index is 0.0571. The summed E-state index contributed by atoms with van der Waals surface area (Å²) in [6.45, 7) is 9.44. The van der Waals surface area contributed by atoms with E-state index in [1.807, 2.05) is 13.8 Å². The summed E-state index contributed by atoms with van der Waals surface area (Å²) < 4.78 is 0. The number of aliphatic hydroxyl groups is 1. The van der Waals surface area contributed by atoms with Gasteiger partial charge in [-0.15, -0.1) is 0 Å². The third kappa shape index (κ3) is 38.2. The number of hydrogen-bond donors (Lipinski definition) is 3. The molecule has 4 N–H and O–H groups in total. The Balaban J connectivity index is -0.000000530. The third-order valence-electron chi connectivity index (χ3n) is 5.14. The number of hydrogen-bond acceptors (Lipinski definition) is 4. The Morgan fingerprint density at radius 3 is 1.52 bits per heavy atom. The van der Waals surface area contributed by atoms with Gasteiger partial charge in [0, 0.05) is 25.3 Å². The minimum Gasteiger partial charge on any atom is -0.394 e. The summed E-state index contributed by atoms with van der Waals surface area (Å²) in [4.78, 5) is 32.1. The lowest BCUT2D eigenvalue weighted by Gasteiger charge is -2.09. The van der Waals surface area contributed by atoms with Gasteiger partial charge in [-0.3, -0.25) is 9.59 Å². The summed E-state index contributed by atoms with van der Waals surface area (Å²) in [6.07, 6.45) is 19.3. The van der Waals surface area contributed by atoms with E-state index in [2.05, 4.69) is 12.2 Å². The van der Waals surface area contributed by atoms with Crippen molar-refractivity contribution in [2.24, 2.45) is 5.73 Å². The zero-order valence-electron chi connectivity index (χ0n) is 22.6. The van der Waals surface area contributed by atoms with Crippen molar-refractivity contribution in [2.45, 2.75) is 150 Å². The third-order valence-corrected chi connectivity index (χ3v) is 5.14. The first-order valence-electron chi connectivity index (χ1n) is 13.5. The SMILES string of the molecule is CC.CC(=O)CCCC(=O)NC(C)CO.CCCCCCCCCCCCCCCC(N)=O. The van der Waals surface area contributed by atoms with E-state index in [4.69, 9.17) is 10.8 Å². The van der Waals surface area contributed by atoms with Crippen molar-refractivity contribution >= 4 is 17.6 Å². The Morgan fingerprint density at radius 2 is 1.15 bits per heavy atom. The van der Waals surface area contributed by atoms with E-state index in [-0.39, 0.29) is 30.2 Å². The molecule has 1 atom stereocenters. The number of rotatable bonds is 20. The molecule has 0 radical (unpaired) electrons. The molecular formula is C27H56N2O4. The second-order valence-electron chi connectivity index (χ2n) is 8.67. The first kappa shape index (κ1) is 36.1. The number of carbonyl (C=O) groups excluding carboxylic acids is 3. The molecule has 0 aromatic rings. The Labute approximate surface area is 204 Å². The highest BCUT2D eigenvalue weighted by Gasteiger charge is 2.05. The van der Waals surface area contributed by atoms with Crippen LogP contribution < -0.4 is 11.1 Å². The molecule has 0 heterocycles. The highest BCUT2D eigenvalue weighted by molar-refractivity contribution is 5.78. The van der Waals surface area contributed by atoms with Crippen molar-refractivity contribution in [3.05, 3.63) is 0 Å². The van der Waals surface area contributed by atoms with Crippen LogP contribution in [-0.2, 0) is 14.4 Å². The van der Waals surface area contributed by atoms with Crippen molar-refractivity contribution in [3.8, 4) is 0 Å². The van der Waals surface area contributed by atoms with Crippen LogP contribution in [-0.4, -0.2) is 35.4 Å². The summed E-state index contributed by atoms with van der Waals surface area (Å²) >= 11 is 0. The Morgan fingerprint density at radius 1 is 0.727 bits per heavy atom. The van der Waals surface area contributed by atoms with Crippen LogP contribution in [0.15, 0.2) is 0 Å². The quantitative estimate of drug-likeness (QED) is 0.183. The van der Waals surface area contributed by atoms with Gasteiger partial charge < -0.3 is 21.0 Å². The predicted molar refractivity (Wildman–Crippen MR) is 140 cm³/mol. The molecule has 0 aliphatic rings. The van der Waals surface area contributed by atoms with Gasteiger partial charge in [0.05, 0.1) is 6.61 Å². The molecule has 1 unspecified atom stereocenters. The lowest BCUT2D eigenvalue weighted by atomic mass is 10.0. The van der Waals surface area contributed by atoms with E-state index in [1.165, 1.54) is 84.0 Å². The Hall–Kier alpha value is -1.43. The summed E-state index contributed by atoms with van der Waals surface area (Å²) in [5, 5.41) is 11.2.